The van der Waals surface area contributed by atoms with Gasteiger partial charge in [-0.2, -0.15) is 0 Å². The first-order valence-electron chi connectivity index (χ1n) is 10.9. The van der Waals surface area contributed by atoms with E-state index >= 15 is 0 Å². The zero-order valence-corrected chi connectivity index (χ0v) is 21.2. The molecule has 0 spiro atoms. The highest BCUT2D eigenvalue weighted by Crippen LogP contribution is 2.31. The third-order valence-electron chi connectivity index (χ3n) is 4.92. The van der Waals surface area contributed by atoms with Crippen LogP contribution in [0.25, 0.3) is 6.08 Å². The van der Waals surface area contributed by atoms with Gasteiger partial charge in [0.2, 0.25) is 0 Å². The number of hydrogen-bond acceptors (Lipinski definition) is 7. The molecule has 0 N–H and O–H groups in total. The summed E-state index contributed by atoms with van der Waals surface area (Å²) in [6.45, 7) is 12.6. The second-order valence-electron chi connectivity index (χ2n) is 9.64. The minimum Gasteiger partial charge on any atom is -0.467 e. The monoisotopic (exact) mass is 464 g/mol. The average Bonchev–Trinajstić information content (AvgIpc) is 2.98. The summed E-state index contributed by atoms with van der Waals surface area (Å²) in [5.41, 5.74) is 1.96. The molecule has 0 radical (unpaired) electrons. The number of aldehydes is 1. The molecule has 2 atom stereocenters. The van der Waals surface area contributed by atoms with Crippen LogP contribution < -0.4 is 4.74 Å². The van der Waals surface area contributed by atoms with Gasteiger partial charge >= 0.3 is 5.97 Å². The van der Waals surface area contributed by atoms with Crippen molar-refractivity contribution in [3.8, 4) is 5.75 Å². The lowest BCUT2D eigenvalue weighted by atomic mass is 10.0. The number of aryl methyl sites for hydroxylation is 1. The van der Waals surface area contributed by atoms with E-state index < -0.39 is 25.9 Å². The molecule has 0 aliphatic carbocycles. The second kappa shape index (κ2) is 11.2. The first kappa shape index (κ1) is 26.3. The summed E-state index contributed by atoms with van der Waals surface area (Å²) < 4.78 is 27.7. The minimum atomic E-state index is -1.34. The van der Waals surface area contributed by atoms with E-state index in [1.165, 1.54) is 7.11 Å². The van der Waals surface area contributed by atoms with Gasteiger partial charge in [-0.05, 0) is 50.4 Å². The minimum absolute atomic E-state index is 0.0190. The van der Waals surface area contributed by atoms with Crippen LogP contribution in [0.5, 0.6) is 5.75 Å². The first-order chi connectivity index (χ1) is 15.0. The van der Waals surface area contributed by atoms with Crippen molar-refractivity contribution in [3.63, 3.8) is 0 Å². The molecule has 178 valence electrons. The number of carbonyl (C=O) groups excluding carboxylic acids is 2. The Labute approximate surface area is 192 Å². The third-order valence-corrected chi connectivity index (χ3v) is 6.62. The van der Waals surface area contributed by atoms with Crippen molar-refractivity contribution < 1.29 is 33.3 Å². The summed E-state index contributed by atoms with van der Waals surface area (Å²) >= 11 is 0. The van der Waals surface area contributed by atoms with Crippen molar-refractivity contribution in [2.75, 3.05) is 20.5 Å². The Morgan fingerprint density at radius 3 is 2.56 bits per heavy atom. The van der Waals surface area contributed by atoms with Crippen LogP contribution >= 0.6 is 0 Å². The molecule has 1 aromatic rings. The first-order valence-corrected chi connectivity index (χ1v) is 14.6. The highest BCUT2D eigenvalue weighted by Gasteiger charge is 2.40. The molecule has 1 aromatic carbocycles. The molecule has 0 saturated carbocycles. The quantitative estimate of drug-likeness (QED) is 0.205. The largest absolute Gasteiger partial charge is 0.467 e. The average molecular weight is 465 g/mol. The topological polar surface area (TPSA) is 80.3 Å². The second-order valence-corrected chi connectivity index (χ2v) is 15.3. The molecule has 1 saturated heterocycles. The summed E-state index contributed by atoms with van der Waals surface area (Å²) in [7, 11) is 0.188. The Bertz CT molecular complexity index is 826. The fourth-order valence-corrected chi connectivity index (χ4v) is 4.09. The van der Waals surface area contributed by atoms with Gasteiger partial charge in [0.05, 0.1) is 12.7 Å². The molecule has 0 bridgehead atoms. The molecule has 2 unspecified atom stereocenters. The molecule has 8 heteroatoms. The lowest BCUT2D eigenvalue weighted by Gasteiger charge is -2.17. The van der Waals surface area contributed by atoms with Gasteiger partial charge in [0.1, 0.15) is 17.4 Å². The van der Waals surface area contributed by atoms with Gasteiger partial charge < -0.3 is 28.5 Å². The van der Waals surface area contributed by atoms with E-state index in [1.807, 2.05) is 25.1 Å². The van der Waals surface area contributed by atoms with Gasteiger partial charge in [0.25, 0.3) is 0 Å². The van der Waals surface area contributed by atoms with E-state index in [4.69, 9.17) is 23.7 Å². The van der Waals surface area contributed by atoms with E-state index in [-0.39, 0.29) is 12.9 Å². The summed E-state index contributed by atoms with van der Waals surface area (Å²) in [6.07, 6.45) is 3.91. The van der Waals surface area contributed by atoms with E-state index in [2.05, 4.69) is 19.6 Å². The van der Waals surface area contributed by atoms with Gasteiger partial charge in [-0.15, -0.1) is 0 Å². The van der Waals surface area contributed by atoms with Gasteiger partial charge in [0.15, 0.2) is 18.9 Å². The zero-order valence-electron chi connectivity index (χ0n) is 20.2. The maximum Gasteiger partial charge on any atom is 0.342 e. The van der Waals surface area contributed by atoms with E-state index in [1.54, 1.807) is 19.9 Å². The normalized spacial score (nSPS) is 20.5. The molecule has 2 rings (SSSR count). The number of esters is 1. The number of ether oxygens (including phenoxy) is 5. The van der Waals surface area contributed by atoms with E-state index in [0.717, 1.165) is 17.9 Å². The van der Waals surface area contributed by atoms with Gasteiger partial charge in [-0.1, -0.05) is 37.9 Å². The number of benzene rings is 1. The maximum atomic E-state index is 13.0. The van der Waals surface area contributed by atoms with Crippen molar-refractivity contribution in [2.45, 2.75) is 70.9 Å². The molecular formula is C24H36O7Si. The van der Waals surface area contributed by atoms with Crippen LogP contribution in [0.3, 0.4) is 0 Å². The lowest BCUT2D eigenvalue weighted by Crippen LogP contribution is -2.23. The Kier molecular flexibility index (Phi) is 9.21. The van der Waals surface area contributed by atoms with Crippen LogP contribution in [0.15, 0.2) is 18.2 Å². The van der Waals surface area contributed by atoms with Crippen LogP contribution in [-0.2, 0) is 23.7 Å². The molecule has 1 aliphatic heterocycles. The maximum absolute atomic E-state index is 13.0. The number of carbonyl (C=O) groups is 2. The summed E-state index contributed by atoms with van der Waals surface area (Å²) in [5.74, 6) is -0.821. The Balaban J connectivity index is 2.25. The number of rotatable bonds is 11. The van der Waals surface area contributed by atoms with E-state index in [0.29, 0.717) is 29.9 Å². The van der Waals surface area contributed by atoms with Gasteiger partial charge in [-0.25, -0.2) is 4.79 Å². The molecule has 1 heterocycles. The molecule has 1 fully saturated rings. The fourth-order valence-electron chi connectivity index (χ4n) is 3.38. The molecular weight excluding hydrogens is 428 g/mol. The number of methoxy groups -OCH3 is 1. The molecule has 1 aliphatic rings. The molecule has 0 amide bonds. The SMILES string of the molecule is COCOc1cc(C)cc(/C=C/CC2OC(C)(C)OC2C=O)c1C(=O)OCC[Si](C)(C)C. The lowest BCUT2D eigenvalue weighted by molar-refractivity contribution is -0.149. The van der Waals surface area contributed by atoms with Crippen molar-refractivity contribution in [1.82, 2.24) is 0 Å². The summed E-state index contributed by atoms with van der Waals surface area (Å²) in [4.78, 5) is 24.3. The Morgan fingerprint density at radius 2 is 1.94 bits per heavy atom. The predicted octanol–water partition coefficient (Wildman–Crippen LogP) is 4.60. The highest BCUT2D eigenvalue weighted by molar-refractivity contribution is 6.76. The van der Waals surface area contributed by atoms with E-state index in [9.17, 15) is 9.59 Å². The zero-order chi connectivity index (χ0) is 23.9. The standard InChI is InChI=1S/C24H36O7Si/c1-17-13-18(9-8-10-19-21(15-25)31-24(2,3)30-19)22(20(14-17)29-16-27-4)23(26)28-11-12-32(5,6)7/h8-9,13-15,19,21H,10-12,16H2,1-7H3/b9-8+. The Hall–Kier alpha value is -2.00. The molecule has 0 aromatic heterocycles. The van der Waals surface area contributed by atoms with Gasteiger partial charge in [0, 0.05) is 15.2 Å². The molecule has 32 heavy (non-hydrogen) atoms. The van der Waals surface area contributed by atoms with Crippen molar-refractivity contribution in [1.29, 1.82) is 0 Å². The van der Waals surface area contributed by atoms with Crippen LogP contribution in [0.4, 0.5) is 0 Å². The van der Waals surface area contributed by atoms with Crippen molar-refractivity contribution >= 4 is 26.4 Å². The smallest absolute Gasteiger partial charge is 0.342 e. The van der Waals surface area contributed by atoms with Crippen LogP contribution in [0.2, 0.25) is 25.7 Å². The van der Waals surface area contributed by atoms with Crippen molar-refractivity contribution in [3.05, 3.63) is 34.9 Å². The highest BCUT2D eigenvalue weighted by atomic mass is 28.3. The fraction of sp³-hybridized carbons (Fsp3) is 0.583. The van der Waals surface area contributed by atoms with Crippen LogP contribution in [0, 0.1) is 6.92 Å². The van der Waals surface area contributed by atoms with Crippen molar-refractivity contribution in [2.24, 2.45) is 0 Å². The van der Waals surface area contributed by atoms with Crippen LogP contribution in [0.1, 0.15) is 41.8 Å². The number of hydrogen-bond donors (Lipinski definition) is 0. The Morgan fingerprint density at radius 1 is 1.22 bits per heavy atom. The third kappa shape index (κ3) is 7.85. The summed E-state index contributed by atoms with van der Waals surface area (Å²) in [6, 6.07) is 4.58. The van der Waals surface area contributed by atoms with Crippen LogP contribution in [-0.4, -0.2) is 58.8 Å². The molecule has 7 nitrogen and oxygen atoms in total. The summed E-state index contributed by atoms with van der Waals surface area (Å²) in [5, 5.41) is 0. The predicted molar refractivity (Wildman–Crippen MR) is 126 cm³/mol. The van der Waals surface area contributed by atoms with Gasteiger partial charge in [-0.3, -0.25) is 0 Å².